The van der Waals surface area contributed by atoms with Gasteiger partial charge in [0.1, 0.15) is 5.76 Å². The second kappa shape index (κ2) is 7.38. The summed E-state index contributed by atoms with van der Waals surface area (Å²) in [5.41, 5.74) is 0.736. The molecule has 2 amide bonds. The SMILES string of the molecule is COC(=O)c1cncc(NC(=O)N2CC[C@H](C)C[C@H]2c2ccco2)c1. The summed E-state index contributed by atoms with van der Waals surface area (Å²) in [7, 11) is 1.30. The highest BCUT2D eigenvalue weighted by Gasteiger charge is 2.32. The third-order valence-corrected chi connectivity index (χ3v) is 4.41. The summed E-state index contributed by atoms with van der Waals surface area (Å²) in [6.07, 6.45) is 6.30. The number of ether oxygens (including phenoxy) is 1. The topological polar surface area (TPSA) is 84.7 Å². The number of methoxy groups -OCH3 is 1. The lowest BCUT2D eigenvalue weighted by Gasteiger charge is -2.37. The first-order valence-corrected chi connectivity index (χ1v) is 8.23. The Bertz CT molecular complexity index is 745. The Balaban J connectivity index is 1.76. The van der Waals surface area contributed by atoms with Crippen LogP contribution in [0.4, 0.5) is 10.5 Å². The first-order valence-electron chi connectivity index (χ1n) is 8.23. The van der Waals surface area contributed by atoms with Gasteiger partial charge in [-0.1, -0.05) is 6.92 Å². The Labute approximate surface area is 146 Å². The standard InChI is InChI=1S/C18H21N3O4/c1-12-5-6-21(15(8-12)16-4-3-7-25-16)18(23)20-14-9-13(10-19-11-14)17(22)24-2/h3-4,7,9-12,15H,5-6,8H2,1-2H3,(H,20,23)/t12-,15-/m0/s1. The fraction of sp³-hybridized carbons (Fsp3) is 0.389. The summed E-state index contributed by atoms with van der Waals surface area (Å²) in [5, 5.41) is 2.81. The summed E-state index contributed by atoms with van der Waals surface area (Å²) >= 11 is 0. The molecule has 2 atom stereocenters. The molecule has 0 unspecified atom stereocenters. The Kier molecular flexibility index (Phi) is 5.02. The van der Waals surface area contributed by atoms with Gasteiger partial charge >= 0.3 is 12.0 Å². The Morgan fingerprint density at radius 3 is 2.96 bits per heavy atom. The van der Waals surface area contributed by atoms with Crippen LogP contribution in [-0.2, 0) is 4.74 Å². The van der Waals surface area contributed by atoms with Gasteiger partial charge in [-0.15, -0.1) is 0 Å². The lowest BCUT2D eigenvalue weighted by atomic mass is 9.91. The average Bonchev–Trinajstić information content (AvgIpc) is 3.15. The van der Waals surface area contributed by atoms with Crippen molar-refractivity contribution in [2.24, 2.45) is 5.92 Å². The summed E-state index contributed by atoms with van der Waals surface area (Å²) in [6, 6.07) is 4.93. The van der Waals surface area contributed by atoms with Gasteiger partial charge in [-0.25, -0.2) is 9.59 Å². The number of hydrogen-bond donors (Lipinski definition) is 1. The zero-order valence-corrected chi connectivity index (χ0v) is 14.3. The molecular formula is C18H21N3O4. The fourth-order valence-electron chi connectivity index (χ4n) is 3.07. The maximum atomic E-state index is 12.8. The number of piperidine rings is 1. The zero-order chi connectivity index (χ0) is 17.8. The molecule has 3 rings (SSSR count). The molecule has 25 heavy (non-hydrogen) atoms. The average molecular weight is 343 g/mol. The normalized spacial score (nSPS) is 20.2. The molecule has 7 heteroatoms. The highest BCUT2D eigenvalue weighted by atomic mass is 16.5. The largest absolute Gasteiger partial charge is 0.467 e. The Morgan fingerprint density at radius 2 is 2.24 bits per heavy atom. The van der Waals surface area contributed by atoms with Crippen molar-refractivity contribution in [2.45, 2.75) is 25.8 Å². The number of anilines is 1. The number of nitrogens with one attached hydrogen (secondary N) is 1. The summed E-state index contributed by atoms with van der Waals surface area (Å²) in [5.74, 6) is 0.801. The number of carbonyl (C=O) groups excluding carboxylic acids is 2. The van der Waals surface area contributed by atoms with Crippen molar-refractivity contribution in [1.29, 1.82) is 0 Å². The van der Waals surface area contributed by atoms with Crippen LogP contribution in [0.5, 0.6) is 0 Å². The number of likely N-dealkylation sites (tertiary alicyclic amines) is 1. The molecule has 0 bridgehead atoms. The van der Waals surface area contributed by atoms with Crippen LogP contribution in [0.1, 0.15) is 41.9 Å². The van der Waals surface area contributed by atoms with Gasteiger partial charge in [0.15, 0.2) is 0 Å². The van der Waals surface area contributed by atoms with Crippen LogP contribution in [0.25, 0.3) is 0 Å². The van der Waals surface area contributed by atoms with Gasteiger partial charge in [-0.05, 0) is 37.0 Å². The van der Waals surface area contributed by atoms with E-state index < -0.39 is 5.97 Å². The fourth-order valence-corrected chi connectivity index (χ4v) is 3.07. The van der Waals surface area contributed by atoms with E-state index in [9.17, 15) is 9.59 Å². The number of amides is 2. The minimum atomic E-state index is -0.496. The number of carbonyl (C=O) groups is 2. The minimum absolute atomic E-state index is 0.101. The van der Waals surface area contributed by atoms with E-state index in [2.05, 4.69) is 22.0 Å². The molecule has 2 aromatic heterocycles. The minimum Gasteiger partial charge on any atom is -0.467 e. The molecule has 1 saturated heterocycles. The second-order valence-electron chi connectivity index (χ2n) is 6.24. The van der Waals surface area contributed by atoms with Crippen molar-refractivity contribution >= 4 is 17.7 Å². The van der Waals surface area contributed by atoms with Gasteiger partial charge < -0.3 is 19.4 Å². The van der Waals surface area contributed by atoms with Crippen LogP contribution < -0.4 is 5.32 Å². The second-order valence-corrected chi connectivity index (χ2v) is 6.24. The van der Waals surface area contributed by atoms with Gasteiger partial charge in [0, 0.05) is 12.7 Å². The van der Waals surface area contributed by atoms with Crippen LogP contribution in [0.15, 0.2) is 41.3 Å². The number of nitrogens with zero attached hydrogens (tertiary/aromatic N) is 2. The van der Waals surface area contributed by atoms with E-state index in [1.54, 1.807) is 17.2 Å². The molecule has 0 radical (unpaired) electrons. The van der Waals surface area contributed by atoms with Gasteiger partial charge in [-0.3, -0.25) is 4.98 Å². The molecule has 1 fully saturated rings. The number of urea groups is 1. The molecule has 2 aromatic rings. The molecule has 1 aliphatic rings. The van der Waals surface area contributed by atoms with Crippen LogP contribution in [0.3, 0.4) is 0 Å². The van der Waals surface area contributed by atoms with Gasteiger partial charge in [0.25, 0.3) is 0 Å². The van der Waals surface area contributed by atoms with E-state index >= 15 is 0 Å². The van der Waals surface area contributed by atoms with E-state index in [1.807, 2.05) is 12.1 Å². The Hall–Kier alpha value is -2.83. The molecule has 0 aliphatic carbocycles. The smallest absolute Gasteiger partial charge is 0.339 e. The summed E-state index contributed by atoms with van der Waals surface area (Å²) in [6.45, 7) is 2.82. The number of furan rings is 1. The molecular weight excluding hydrogens is 322 g/mol. The first kappa shape index (κ1) is 17.0. The maximum Gasteiger partial charge on any atom is 0.339 e. The number of rotatable bonds is 3. The van der Waals surface area contributed by atoms with Crippen LogP contribution in [0.2, 0.25) is 0 Å². The molecule has 1 N–H and O–H groups in total. The number of hydrogen-bond acceptors (Lipinski definition) is 5. The summed E-state index contributed by atoms with van der Waals surface area (Å²) in [4.78, 5) is 30.1. The summed E-state index contributed by atoms with van der Waals surface area (Å²) < 4.78 is 10.2. The quantitative estimate of drug-likeness (QED) is 0.863. The van der Waals surface area contributed by atoms with Crippen LogP contribution in [-0.4, -0.2) is 35.5 Å². The molecule has 0 spiro atoms. The van der Waals surface area contributed by atoms with Crippen molar-refractivity contribution in [2.75, 3.05) is 19.0 Å². The predicted molar refractivity (Wildman–Crippen MR) is 91.1 cm³/mol. The van der Waals surface area contributed by atoms with Crippen molar-refractivity contribution < 1.29 is 18.7 Å². The van der Waals surface area contributed by atoms with Crippen LogP contribution >= 0.6 is 0 Å². The lowest BCUT2D eigenvalue weighted by molar-refractivity contribution is 0.0600. The highest BCUT2D eigenvalue weighted by molar-refractivity contribution is 5.93. The number of aromatic nitrogens is 1. The number of pyridine rings is 1. The van der Waals surface area contributed by atoms with Gasteiger partial charge in [0.2, 0.25) is 0 Å². The van der Waals surface area contributed by atoms with Crippen molar-refractivity contribution in [3.8, 4) is 0 Å². The molecule has 3 heterocycles. The lowest BCUT2D eigenvalue weighted by Crippen LogP contribution is -2.42. The van der Waals surface area contributed by atoms with E-state index in [0.29, 0.717) is 18.2 Å². The number of esters is 1. The third kappa shape index (κ3) is 3.81. The van der Waals surface area contributed by atoms with E-state index in [-0.39, 0.29) is 17.6 Å². The zero-order valence-electron chi connectivity index (χ0n) is 14.3. The predicted octanol–water partition coefficient (Wildman–Crippen LogP) is 3.47. The Morgan fingerprint density at radius 1 is 1.40 bits per heavy atom. The maximum absolute atomic E-state index is 12.8. The van der Waals surface area contributed by atoms with Crippen molar-refractivity contribution in [3.63, 3.8) is 0 Å². The molecule has 0 aromatic carbocycles. The van der Waals surface area contributed by atoms with Crippen molar-refractivity contribution in [3.05, 3.63) is 48.2 Å². The molecule has 0 saturated carbocycles. The molecule has 132 valence electrons. The molecule has 1 aliphatic heterocycles. The first-order chi connectivity index (χ1) is 12.1. The molecule has 7 nitrogen and oxygen atoms in total. The van der Waals surface area contributed by atoms with Gasteiger partial charge in [-0.2, -0.15) is 0 Å². The van der Waals surface area contributed by atoms with E-state index in [1.165, 1.54) is 19.5 Å². The monoisotopic (exact) mass is 343 g/mol. The van der Waals surface area contributed by atoms with E-state index in [0.717, 1.165) is 18.6 Å². The van der Waals surface area contributed by atoms with Crippen molar-refractivity contribution in [1.82, 2.24) is 9.88 Å². The third-order valence-electron chi connectivity index (χ3n) is 4.41. The van der Waals surface area contributed by atoms with Gasteiger partial charge in [0.05, 0.1) is 36.9 Å². The van der Waals surface area contributed by atoms with Crippen LogP contribution in [0, 0.1) is 5.92 Å². The van der Waals surface area contributed by atoms with E-state index in [4.69, 9.17) is 4.42 Å². The highest BCUT2D eigenvalue weighted by Crippen LogP contribution is 2.34.